The number of hydrogen-bond acceptors (Lipinski definition) is 2. The first-order valence-corrected chi connectivity index (χ1v) is 6.96. The predicted octanol–water partition coefficient (Wildman–Crippen LogP) is 2.64. The van der Waals surface area contributed by atoms with Gasteiger partial charge in [0.1, 0.15) is 0 Å². The number of nitrogens with one attached hydrogen (secondary N) is 1. The van der Waals surface area contributed by atoms with Crippen molar-refractivity contribution < 1.29 is 0 Å². The summed E-state index contributed by atoms with van der Waals surface area (Å²) < 4.78 is 0. The predicted molar refractivity (Wildman–Crippen MR) is 69.7 cm³/mol. The zero-order valence-corrected chi connectivity index (χ0v) is 11.5. The smallest absolute Gasteiger partial charge is 0.0244 e. The molecule has 2 aliphatic rings. The van der Waals surface area contributed by atoms with Crippen molar-refractivity contribution in [2.24, 2.45) is 5.41 Å². The first-order chi connectivity index (χ1) is 7.48. The van der Waals surface area contributed by atoms with Gasteiger partial charge in [-0.2, -0.15) is 0 Å². The highest BCUT2D eigenvalue weighted by Crippen LogP contribution is 2.41. The molecule has 2 fully saturated rings. The summed E-state index contributed by atoms with van der Waals surface area (Å²) in [5, 5.41) is 3.69. The molecule has 1 aliphatic carbocycles. The number of hydrogen-bond donors (Lipinski definition) is 1. The lowest BCUT2D eigenvalue weighted by molar-refractivity contribution is -0.0208. The van der Waals surface area contributed by atoms with E-state index in [1.54, 1.807) is 0 Å². The van der Waals surface area contributed by atoms with E-state index in [1.165, 1.54) is 45.3 Å². The summed E-state index contributed by atoms with van der Waals surface area (Å²) in [6.45, 7) is 13.1. The van der Waals surface area contributed by atoms with Crippen LogP contribution in [0, 0.1) is 5.41 Å². The maximum atomic E-state index is 3.69. The average molecular weight is 224 g/mol. The monoisotopic (exact) mass is 224 g/mol. The molecule has 0 aromatic carbocycles. The fraction of sp³-hybridized carbons (Fsp3) is 1.00. The molecule has 1 saturated carbocycles. The lowest BCUT2D eigenvalue weighted by Crippen LogP contribution is -2.64. The second kappa shape index (κ2) is 4.30. The molecule has 1 atom stereocenters. The van der Waals surface area contributed by atoms with Gasteiger partial charge in [0, 0.05) is 31.2 Å². The molecular weight excluding hydrogens is 196 g/mol. The van der Waals surface area contributed by atoms with E-state index in [9.17, 15) is 0 Å². The molecule has 1 saturated heterocycles. The van der Waals surface area contributed by atoms with Crippen LogP contribution in [0.2, 0.25) is 0 Å². The second-order valence-corrected chi connectivity index (χ2v) is 6.75. The van der Waals surface area contributed by atoms with E-state index in [1.807, 2.05) is 0 Å². The Morgan fingerprint density at radius 2 is 2.00 bits per heavy atom. The minimum atomic E-state index is 0.386. The highest BCUT2D eigenvalue weighted by atomic mass is 15.3. The third-order valence-corrected chi connectivity index (χ3v) is 4.83. The minimum absolute atomic E-state index is 0.386. The van der Waals surface area contributed by atoms with E-state index in [-0.39, 0.29) is 0 Å². The van der Waals surface area contributed by atoms with E-state index in [2.05, 4.69) is 37.9 Å². The fourth-order valence-corrected chi connectivity index (χ4v) is 3.24. The number of rotatable bonds is 2. The molecular formula is C14H28N2. The Morgan fingerprint density at radius 3 is 2.44 bits per heavy atom. The zero-order chi connectivity index (χ0) is 11.8. The Bertz CT molecular complexity index is 232. The van der Waals surface area contributed by atoms with Gasteiger partial charge < -0.3 is 5.32 Å². The van der Waals surface area contributed by atoms with E-state index < -0.39 is 0 Å². The molecule has 1 heterocycles. The van der Waals surface area contributed by atoms with Gasteiger partial charge in [0.25, 0.3) is 0 Å². The minimum Gasteiger partial charge on any atom is -0.311 e. The van der Waals surface area contributed by atoms with Crippen molar-refractivity contribution >= 4 is 0 Å². The lowest BCUT2D eigenvalue weighted by Gasteiger charge is -2.54. The number of piperazine rings is 1. The molecule has 0 bridgehead atoms. The Balaban J connectivity index is 2.01. The average Bonchev–Trinajstić information content (AvgIpc) is 2.16. The van der Waals surface area contributed by atoms with Crippen LogP contribution in [0.15, 0.2) is 0 Å². The van der Waals surface area contributed by atoms with Crippen LogP contribution in [-0.2, 0) is 0 Å². The molecule has 0 amide bonds. The molecule has 2 rings (SSSR count). The van der Waals surface area contributed by atoms with Crippen LogP contribution in [0.1, 0.15) is 53.4 Å². The quantitative estimate of drug-likeness (QED) is 0.776. The Morgan fingerprint density at radius 1 is 1.31 bits per heavy atom. The SMILES string of the molecule is CCC1(N2CCNC(C(C)(C)C)C2)CCC1. The van der Waals surface area contributed by atoms with Crippen molar-refractivity contribution in [2.45, 2.75) is 65.0 Å². The Hall–Kier alpha value is -0.0800. The molecule has 1 N–H and O–H groups in total. The highest BCUT2D eigenvalue weighted by Gasteiger charge is 2.43. The zero-order valence-electron chi connectivity index (χ0n) is 11.5. The largest absolute Gasteiger partial charge is 0.311 e. The summed E-state index contributed by atoms with van der Waals surface area (Å²) in [5.74, 6) is 0. The van der Waals surface area contributed by atoms with Crippen molar-refractivity contribution in [3.8, 4) is 0 Å². The highest BCUT2D eigenvalue weighted by molar-refractivity contribution is 5.01. The molecule has 1 aliphatic heterocycles. The standard InChI is InChI=1S/C14H28N2/c1-5-14(7-6-8-14)16-10-9-15-12(11-16)13(2,3)4/h12,15H,5-11H2,1-4H3. The summed E-state index contributed by atoms with van der Waals surface area (Å²) in [4.78, 5) is 2.78. The summed E-state index contributed by atoms with van der Waals surface area (Å²) in [6, 6.07) is 0.658. The normalized spacial score (nSPS) is 31.1. The van der Waals surface area contributed by atoms with Crippen LogP contribution in [0.4, 0.5) is 0 Å². The van der Waals surface area contributed by atoms with Crippen molar-refractivity contribution in [3.63, 3.8) is 0 Å². The van der Waals surface area contributed by atoms with Gasteiger partial charge in [-0.1, -0.05) is 27.7 Å². The van der Waals surface area contributed by atoms with Crippen LogP contribution in [0.25, 0.3) is 0 Å². The van der Waals surface area contributed by atoms with Crippen LogP contribution in [0.3, 0.4) is 0 Å². The van der Waals surface area contributed by atoms with E-state index in [4.69, 9.17) is 0 Å². The molecule has 0 radical (unpaired) electrons. The molecule has 1 unspecified atom stereocenters. The van der Waals surface area contributed by atoms with Crippen LogP contribution in [0.5, 0.6) is 0 Å². The fourth-order valence-electron chi connectivity index (χ4n) is 3.24. The van der Waals surface area contributed by atoms with Crippen molar-refractivity contribution in [3.05, 3.63) is 0 Å². The molecule has 94 valence electrons. The van der Waals surface area contributed by atoms with Gasteiger partial charge in [0.05, 0.1) is 0 Å². The molecule has 0 aromatic heterocycles. The maximum Gasteiger partial charge on any atom is 0.0244 e. The molecule has 2 nitrogen and oxygen atoms in total. The maximum absolute atomic E-state index is 3.69. The van der Waals surface area contributed by atoms with Crippen molar-refractivity contribution in [1.29, 1.82) is 0 Å². The van der Waals surface area contributed by atoms with Crippen molar-refractivity contribution in [2.75, 3.05) is 19.6 Å². The second-order valence-electron chi connectivity index (χ2n) is 6.75. The summed E-state index contributed by atoms with van der Waals surface area (Å²) in [6.07, 6.45) is 5.64. The van der Waals surface area contributed by atoms with Gasteiger partial charge >= 0.3 is 0 Å². The first-order valence-electron chi connectivity index (χ1n) is 6.96. The molecule has 0 aromatic rings. The van der Waals surface area contributed by atoms with Crippen molar-refractivity contribution in [1.82, 2.24) is 10.2 Å². The van der Waals surface area contributed by atoms with E-state index in [0.717, 1.165) is 0 Å². The van der Waals surface area contributed by atoms with Gasteiger partial charge in [0.2, 0.25) is 0 Å². The van der Waals surface area contributed by atoms with E-state index >= 15 is 0 Å². The first kappa shape index (κ1) is 12.4. The summed E-state index contributed by atoms with van der Waals surface area (Å²) in [5.41, 5.74) is 0.961. The van der Waals surface area contributed by atoms with E-state index in [0.29, 0.717) is 17.0 Å². The Kier molecular flexibility index (Phi) is 3.33. The van der Waals surface area contributed by atoms with Gasteiger partial charge in [-0.05, 0) is 31.1 Å². The number of nitrogens with zero attached hydrogens (tertiary/aromatic N) is 1. The van der Waals surface area contributed by atoms with Crippen LogP contribution >= 0.6 is 0 Å². The van der Waals surface area contributed by atoms with Gasteiger partial charge in [-0.25, -0.2) is 0 Å². The molecule has 16 heavy (non-hydrogen) atoms. The Labute approximate surface area is 101 Å². The third-order valence-electron chi connectivity index (χ3n) is 4.83. The summed E-state index contributed by atoms with van der Waals surface area (Å²) in [7, 11) is 0. The lowest BCUT2D eigenvalue weighted by atomic mass is 9.72. The molecule has 0 spiro atoms. The van der Waals surface area contributed by atoms with Crippen LogP contribution in [-0.4, -0.2) is 36.1 Å². The van der Waals surface area contributed by atoms with Crippen LogP contribution < -0.4 is 5.32 Å². The third kappa shape index (κ3) is 2.14. The summed E-state index contributed by atoms with van der Waals surface area (Å²) >= 11 is 0. The van der Waals surface area contributed by atoms with Gasteiger partial charge in [-0.15, -0.1) is 0 Å². The van der Waals surface area contributed by atoms with Gasteiger partial charge in [0.15, 0.2) is 0 Å². The molecule has 2 heteroatoms. The topological polar surface area (TPSA) is 15.3 Å². The van der Waals surface area contributed by atoms with Gasteiger partial charge in [-0.3, -0.25) is 4.90 Å².